The van der Waals surface area contributed by atoms with E-state index in [9.17, 15) is 4.79 Å². The maximum Gasteiger partial charge on any atom is 0.515 e. The Morgan fingerprint density at radius 2 is 1.79 bits per heavy atom. The lowest BCUT2D eigenvalue weighted by atomic mass is 10.2. The number of para-hydroxylation sites is 1. The van der Waals surface area contributed by atoms with Crippen LogP contribution in [0.25, 0.3) is 0 Å². The average Bonchev–Trinajstić information content (AvgIpc) is 2.58. The molecule has 0 aliphatic carbocycles. The minimum atomic E-state index is -0.734. The summed E-state index contributed by atoms with van der Waals surface area (Å²) in [6.07, 6.45) is 0.904. The first-order valence-corrected chi connectivity index (χ1v) is 8.43. The van der Waals surface area contributed by atoms with Crippen molar-refractivity contribution in [3.8, 4) is 5.75 Å². The zero-order chi connectivity index (χ0) is 17.4. The third-order valence-electron chi connectivity index (χ3n) is 3.56. The second-order valence-corrected chi connectivity index (χ2v) is 5.84. The van der Waals surface area contributed by atoms with Gasteiger partial charge in [-0.25, -0.2) is 4.79 Å². The molecule has 4 nitrogen and oxygen atoms in total. The van der Waals surface area contributed by atoms with Gasteiger partial charge in [0.1, 0.15) is 5.75 Å². The van der Waals surface area contributed by atoms with Crippen LogP contribution >= 0.6 is 11.6 Å². The first-order valence-electron chi connectivity index (χ1n) is 8.06. The lowest BCUT2D eigenvalue weighted by Crippen LogP contribution is -2.38. The Kier molecular flexibility index (Phi) is 6.94. The van der Waals surface area contributed by atoms with Gasteiger partial charge in [0.15, 0.2) is 6.23 Å². The van der Waals surface area contributed by atoms with Gasteiger partial charge in [-0.2, -0.15) is 0 Å². The summed E-state index contributed by atoms with van der Waals surface area (Å²) in [6, 6.07) is 16.5. The van der Waals surface area contributed by atoms with E-state index in [0.29, 0.717) is 10.8 Å². The van der Waals surface area contributed by atoms with Crippen molar-refractivity contribution in [2.24, 2.45) is 0 Å². The van der Waals surface area contributed by atoms with E-state index < -0.39 is 12.4 Å². The van der Waals surface area contributed by atoms with Crippen LogP contribution in [-0.4, -0.2) is 18.9 Å². The number of benzene rings is 2. The highest BCUT2D eigenvalue weighted by Gasteiger charge is 2.19. The predicted molar refractivity (Wildman–Crippen MR) is 96.7 cm³/mol. The molecule has 0 saturated carbocycles. The molecule has 5 heteroatoms. The van der Waals surface area contributed by atoms with Gasteiger partial charge in [-0.15, -0.1) is 0 Å². The highest BCUT2D eigenvalue weighted by molar-refractivity contribution is 6.30. The van der Waals surface area contributed by atoms with E-state index in [4.69, 9.17) is 21.1 Å². The van der Waals surface area contributed by atoms with Gasteiger partial charge in [-0.1, -0.05) is 43.1 Å². The van der Waals surface area contributed by atoms with Crippen LogP contribution in [-0.2, 0) is 4.74 Å². The van der Waals surface area contributed by atoms with Crippen molar-refractivity contribution >= 4 is 23.4 Å². The second-order valence-electron chi connectivity index (χ2n) is 5.41. The molecule has 0 heterocycles. The number of halogens is 1. The van der Waals surface area contributed by atoms with Gasteiger partial charge in [-0.3, -0.25) is 0 Å². The summed E-state index contributed by atoms with van der Waals surface area (Å²) in [5, 5.41) is 0.582. The molecule has 0 aliphatic rings. The molecule has 2 rings (SSSR count). The molecule has 0 aromatic heterocycles. The standard InChI is InChI=1S/C19H22ClNO3/c1-3-4-14-21(17-8-6-5-7-9-17)15(2)23-19(22)24-18-12-10-16(20)11-13-18/h5-13,15H,3-4,14H2,1-2H3. The third kappa shape index (κ3) is 5.46. The summed E-state index contributed by atoms with van der Waals surface area (Å²) >= 11 is 5.81. The van der Waals surface area contributed by atoms with Crippen LogP contribution in [0.4, 0.5) is 10.5 Å². The number of carbonyl (C=O) groups is 1. The van der Waals surface area contributed by atoms with E-state index in [2.05, 4.69) is 6.92 Å². The minimum absolute atomic E-state index is 0.399. The van der Waals surface area contributed by atoms with Crippen LogP contribution in [0.5, 0.6) is 5.75 Å². The van der Waals surface area contributed by atoms with Crippen molar-refractivity contribution < 1.29 is 14.3 Å². The maximum absolute atomic E-state index is 12.0. The van der Waals surface area contributed by atoms with Crippen molar-refractivity contribution in [1.82, 2.24) is 0 Å². The zero-order valence-corrected chi connectivity index (χ0v) is 14.7. The van der Waals surface area contributed by atoms with Crippen LogP contribution in [0.2, 0.25) is 5.02 Å². The normalized spacial score (nSPS) is 11.6. The van der Waals surface area contributed by atoms with Crippen LogP contribution < -0.4 is 9.64 Å². The lowest BCUT2D eigenvalue weighted by Gasteiger charge is -2.30. The lowest BCUT2D eigenvalue weighted by molar-refractivity contribution is 0.0640. The van der Waals surface area contributed by atoms with Gasteiger partial charge >= 0.3 is 6.16 Å². The Hall–Kier alpha value is -2.20. The van der Waals surface area contributed by atoms with Gasteiger partial charge in [0, 0.05) is 17.3 Å². The molecule has 0 amide bonds. The molecule has 0 fully saturated rings. The van der Waals surface area contributed by atoms with Gasteiger partial charge in [-0.05, 0) is 49.7 Å². The monoisotopic (exact) mass is 347 g/mol. The van der Waals surface area contributed by atoms with Gasteiger partial charge < -0.3 is 14.4 Å². The van der Waals surface area contributed by atoms with Crippen LogP contribution in [0.1, 0.15) is 26.7 Å². The molecule has 128 valence electrons. The molecule has 0 aliphatic heterocycles. The summed E-state index contributed by atoms with van der Waals surface area (Å²) in [6.45, 7) is 4.77. The largest absolute Gasteiger partial charge is 0.515 e. The van der Waals surface area contributed by atoms with Crippen LogP contribution in [0, 0.1) is 0 Å². The van der Waals surface area contributed by atoms with Crippen LogP contribution in [0.15, 0.2) is 54.6 Å². The van der Waals surface area contributed by atoms with Crippen molar-refractivity contribution in [3.63, 3.8) is 0 Å². The van der Waals surface area contributed by atoms with Gasteiger partial charge in [0.25, 0.3) is 0 Å². The Morgan fingerprint density at radius 3 is 2.42 bits per heavy atom. The van der Waals surface area contributed by atoms with Gasteiger partial charge in [0.05, 0.1) is 0 Å². The number of carbonyl (C=O) groups excluding carboxylic acids is 1. The average molecular weight is 348 g/mol. The summed E-state index contributed by atoms with van der Waals surface area (Å²) in [4.78, 5) is 14.1. The van der Waals surface area contributed by atoms with Crippen molar-refractivity contribution in [2.45, 2.75) is 32.9 Å². The number of hydrogen-bond acceptors (Lipinski definition) is 4. The van der Waals surface area contributed by atoms with E-state index >= 15 is 0 Å². The molecule has 1 atom stereocenters. The Morgan fingerprint density at radius 1 is 1.12 bits per heavy atom. The smallest absolute Gasteiger partial charge is 0.410 e. The number of hydrogen-bond donors (Lipinski definition) is 0. The fourth-order valence-corrected chi connectivity index (χ4v) is 2.42. The first kappa shape index (κ1) is 18.1. The highest BCUT2D eigenvalue weighted by Crippen LogP contribution is 2.20. The number of rotatable bonds is 7. The first-order chi connectivity index (χ1) is 11.6. The predicted octanol–water partition coefficient (Wildman–Crippen LogP) is 5.51. The van der Waals surface area contributed by atoms with E-state index in [1.807, 2.05) is 42.2 Å². The number of unbranched alkanes of at least 4 members (excludes halogenated alkanes) is 1. The van der Waals surface area contributed by atoms with E-state index in [-0.39, 0.29) is 0 Å². The molecule has 0 radical (unpaired) electrons. The third-order valence-corrected chi connectivity index (χ3v) is 3.81. The van der Waals surface area contributed by atoms with Crippen molar-refractivity contribution in [1.29, 1.82) is 0 Å². The fraction of sp³-hybridized carbons (Fsp3) is 0.316. The quantitative estimate of drug-likeness (QED) is 0.376. The molecule has 2 aromatic rings. The maximum atomic E-state index is 12.0. The summed E-state index contributed by atoms with van der Waals surface area (Å²) in [7, 11) is 0. The van der Waals surface area contributed by atoms with Crippen molar-refractivity contribution in [3.05, 3.63) is 59.6 Å². The van der Waals surface area contributed by atoms with Crippen molar-refractivity contribution in [2.75, 3.05) is 11.4 Å². The molecule has 0 N–H and O–H groups in total. The topological polar surface area (TPSA) is 38.8 Å². The highest BCUT2D eigenvalue weighted by atomic mass is 35.5. The summed E-state index contributed by atoms with van der Waals surface area (Å²) < 4.78 is 10.6. The number of nitrogens with zero attached hydrogens (tertiary/aromatic N) is 1. The zero-order valence-electron chi connectivity index (χ0n) is 13.9. The molecule has 0 saturated heterocycles. The second kappa shape index (κ2) is 9.18. The molecule has 0 spiro atoms. The van der Waals surface area contributed by atoms with Crippen LogP contribution in [0.3, 0.4) is 0 Å². The Labute approximate surface area is 147 Å². The molecule has 2 aromatic carbocycles. The fourth-order valence-electron chi connectivity index (χ4n) is 2.29. The summed E-state index contributed by atoms with van der Waals surface area (Å²) in [5.41, 5.74) is 1.01. The van der Waals surface area contributed by atoms with E-state index in [1.165, 1.54) is 0 Å². The number of ether oxygens (including phenoxy) is 2. The molecule has 24 heavy (non-hydrogen) atoms. The Balaban J connectivity index is 1.99. The molecule has 1 unspecified atom stereocenters. The molecule has 0 bridgehead atoms. The Bertz CT molecular complexity index is 631. The molecular formula is C19H22ClNO3. The minimum Gasteiger partial charge on any atom is -0.410 e. The van der Waals surface area contributed by atoms with Gasteiger partial charge in [0.2, 0.25) is 0 Å². The van der Waals surface area contributed by atoms with E-state index in [1.54, 1.807) is 24.3 Å². The summed E-state index contributed by atoms with van der Waals surface area (Å²) in [5.74, 6) is 0.399. The number of anilines is 1. The SMILES string of the molecule is CCCCN(c1ccccc1)C(C)OC(=O)Oc1ccc(Cl)cc1. The molecular weight excluding hydrogens is 326 g/mol. The van der Waals surface area contributed by atoms with E-state index in [0.717, 1.165) is 25.1 Å².